The monoisotopic (exact) mass is 218 g/mol. The van der Waals surface area contributed by atoms with Crippen molar-refractivity contribution in [2.45, 2.75) is 0 Å². The van der Waals surface area contributed by atoms with Crippen molar-refractivity contribution in [1.29, 1.82) is 0 Å². The van der Waals surface area contributed by atoms with Gasteiger partial charge in [0.15, 0.2) is 5.75 Å². The van der Waals surface area contributed by atoms with Crippen molar-refractivity contribution < 1.29 is 9.66 Å². The van der Waals surface area contributed by atoms with E-state index in [0.717, 1.165) is 5.69 Å². The van der Waals surface area contributed by atoms with Gasteiger partial charge in [0.05, 0.1) is 12.0 Å². The maximum atomic E-state index is 10.7. The molecule has 0 unspecified atom stereocenters. The number of methoxy groups -OCH3 is 1. The molecule has 0 N–H and O–H groups in total. The smallest absolute Gasteiger partial charge is 0.311 e. The molecule has 1 aromatic carbocycles. The third-order valence-electron chi connectivity index (χ3n) is 2.26. The van der Waals surface area contributed by atoms with Gasteiger partial charge in [-0.1, -0.05) is 0 Å². The lowest BCUT2D eigenvalue weighted by molar-refractivity contribution is -0.385. The first-order chi connectivity index (χ1) is 7.72. The highest BCUT2D eigenvalue weighted by Crippen LogP contribution is 2.28. The number of hydrogen-bond donors (Lipinski definition) is 0. The molecule has 0 saturated heterocycles. The van der Waals surface area contributed by atoms with E-state index in [1.807, 2.05) is 29.1 Å². The maximum absolute atomic E-state index is 10.7. The summed E-state index contributed by atoms with van der Waals surface area (Å²) in [5.74, 6) is 0.260. The fourth-order valence-electron chi connectivity index (χ4n) is 1.48. The summed E-state index contributed by atoms with van der Waals surface area (Å²) in [6, 6.07) is 8.52. The Kier molecular flexibility index (Phi) is 2.59. The van der Waals surface area contributed by atoms with Gasteiger partial charge in [-0.3, -0.25) is 10.1 Å². The number of nitro benzene ring substituents is 1. The summed E-state index contributed by atoms with van der Waals surface area (Å²) in [4.78, 5) is 10.2. The van der Waals surface area contributed by atoms with Crippen molar-refractivity contribution >= 4 is 5.69 Å². The zero-order valence-electron chi connectivity index (χ0n) is 8.66. The minimum atomic E-state index is -0.460. The van der Waals surface area contributed by atoms with E-state index < -0.39 is 4.92 Å². The molecule has 0 bridgehead atoms. The zero-order valence-corrected chi connectivity index (χ0v) is 8.66. The fourth-order valence-corrected chi connectivity index (χ4v) is 1.48. The highest BCUT2D eigenvalue weighted by molar-refractivity contribution is 5.53. The normalized spacial score (nSPS) is 10.1. The van der Waals surface area contributed by atoms with Crippen molar-refractivity contribution in [1.82, 2.24) is 4.57 Å². The Labute approximate surface area is 92.0 Å². The average molecular weight is 218 g/mol. The first kappa shape index (κ1) is 10.2. The molecule has 2 rings (SSSR count). The molecule has 1 heterocycles. The Morgan fingerprint density at radius 1 is 1.31 bits per heavy atom. The lowest BCUT2D eigenvalue weighted by atomic mass is 10.2. The second-order valence-corrected chi connectivity index (χ2v) is 3.20. The van der Waals surface area contributed by atoms with E-state index in [1.165, 1.54) is 13.2 Å². The Balaban J connectivity index is 2.49. The van der Waals surface area contributed by atoms with Crippen LogP contribution in [0.4, 0.5) is 5.69 Å². The van der Waals surface area contributed by atoms with Crippen molar-refractivity contribution in [3.05, 3.63) is 52.8 Å². The van der Waals surface area contributed by atoms with Gasteiger partial charge in [0.1, 0.15) is 0 Å². The number of aromatic nitrogens is 1. The van der Waals surface area contributed by atoms with Gasteiger partial charge in [0.25, 0.3) is 0 Å². The van der Waals surface area contributed by atoms with E-state index in [2.05, 4.69) is 0 Å². The summed E-state index contributed by atoms with van der Waals surface area (Å²) in [6.07, 6.45) is 3.72. The van der Waals surface area contributed by atoms with E-state index in [1.54, 1.807) is 12.1 Å². The van der Waals surface area contributed by atoms with Crippen LogP contribution in [0.15, 0.2) is 42.7 Å². The van der Waals surface area contributed by atoms with Crippen LogP contribution in [0.2, 0.25) is 0 Å². The molecule has 82 valence electrons. The molecule has 0 aliphatic heterocycles. The molecular weight excluding hydrogens is 208 g/mol. The molecule has 2 aromatic rings. The van der Waals surface area contributed by atoms with Crippen LogP contribution in [-0.4, -0.2) is 16.6 Å². The van der Waals surface area contributed by atoms with Gasteiger partial charge in [-0.25, -0.2) is 0 Å². The number of nitrogens with zero attached hydrogens (tertiary/aromatic N) is 2. The van der Waals surface area contributed by atoms with Crippen LogP contribution in [0, 0.1) is 10.1 Å². The fraction of sp³-hybridized carbons (Fsp3) is 0.0909. The molecule has 0 aliphatic carbocycles. The summed E-state index contributed by atoms with van der Waals surface area (Å²) < 4.78 is 6.84. The number of nitro groups is 1. The van der Waals surface area contributed by atoms with E-state index in [4.69, 9.17) is 4.74 Å². The molecule has 0 radical (unpaired) electrons. The summed E-state index contributed by atoms with van der Waals surface area (Å²) in [6.45, 7) is 0. The minimum absolute atomic E-state index is 0.0293. The van der Waals surface area contributed by atoms with Gasteiger partial charge in [-0.15, -0.1) is 0 Å². The third-order valence-corrected chi connectivity index (χ3v) is 2.26. The van der Waals surface area contributed by atoms with Crippen molar-refractivity contribution in [2.75, 3.05) is 7.11 Å². The Hall–Kier alpha value is -2.30. The van der Waals surface area contributed by atoms with E-state index >= 15 is 0 Å². The second-order valence-electron chi connectivity index (χ2n) is 3.20. The van der Waals surface area contributed by atoms with Crippen LogP contribution in [0.3, 0.4) is 0 Å². The molecule has 0 spiro atoms. The predicted molar refractivity (Wildman–Crippen MR) is 59.0 cm³/mol. The van der Waals surface area contributed by atoms with Crippen LogP contribution in [0.1, 0.15) is 0 Å². The number of hydrogen-bond acceptors (Lipinski definition) is 3. The van der Waals surface area contributed by atoms with Gasteiger partial charge in [-0.05, 0) is 18.2 Å². The Bertz CT molecular complexity index is 506. The molecule has 5 nitrogen and oxygen atoms in total. The first-order valence-electron chi connectivity index (χ1n) is 4.68. The minimum Gasteiger partial charge on any atom is -0.490 e. The molecule has 0 aliphatic rings. The van der Waals surface area contributed by atoms with Crippen molar-refractivity contribution in [3.8, 4) is 11.4 Å². The van der Waals surface area contributed by atoms with Crippen LogP contribution in [0.25, 0.3) is 5.69 Å². The van der Waals surface area contributed by atoms with E-state index in [-0.39, 0.29) is 11.4 Å². The van der Waals surface area contributed by atoms with Gasteiger partial charge < -0.3 is 9.30 Å². The van der Waals surface area contributed by atoms with Gasteiger partial charge in [-0.2, -0.15) is 0 Å². The predicted octanol–water partition coefficient (Wildman–Crippen LogP) is 2.39. The molecular formula is C11H10N2O3. The third kappa shape index (κ3) is 1.75. The Morgan fingerprint density at radius 2 is 2.00 bits per heavy atom. The van der Waals surface area contributed by atoms with Gasteiger partial charge in [0.2, 0.25) is 0 Å². The summed E-state index contributed by atoms with van der Waals surface area (Å²) in [5, 5.41) is 10.7. The molecule has 0 saturated carbocycles. The summed E-state index contributed by atoms with van der Waals surface area (Å²) >= 11 is 0. The van der Waals surface area contributed by atoms with Crippen LogP contribution < -0.4 is 4.74 Å². The molecule has 0 amide bonds. The van der Waals surface area contributed by atoms with E-state index in [9.17, 15) is 10.1 Å². The number of rotatable bonds is 3. The van der Waals surface area contributed by atoms with Gasteiger partial charge >= 0.3 is 5.69 Å². The van der Waals surface area contributed by atoms with Crippen LogP contribution in [-0.2, 0) is 0 Å². The molecule has 1 aromatic heterocycles. The van der Waals surface area contributed by atoms with Crippen LogP contribution >= 0.6 is 0 Å². The SMILES string of the molecule is COc1cc(-n2cccc2)ccc1[N+](=O)[O-]. The summed E-state index contributed by atoms with van der Waals surface area (Å²) in [5.41, 5.74) is 0.797. The largest absolute Gasteiger partial charge is 0.490 e. The average Bonchev–Trinajstić information content (AvgIpc) is 2.81. The molecule has 0 atom stereocenters. The number of ether oxygens (including phenoxy) is 1. The molecule has 5 heteroatoms. The topological polar surface area (TPSA) is 57.3 Å². The number of benzene rings is 1. The maximum Gasteiger partial charge on any atom is 0.311 e. The van der Waals surface area contributed by atoms with E-state index in [0.29, 0.717) is 0 Å². The summed E-state index contributed by atoms with van der Waals surface area (Å²) in [7, 11) is 1.42. The molecule has 16 heavy (non-hydrogen) atoms. The Morgan fingerprint density at radius 3 is 2.56 bits per heavy atom. The highest BCUT2D eigenvalue weighted by atomic mass is 16.6. The zero-order chi connectivity index (χ0) is 11.5. The van der Waals surface area contributed by atoms with Crippen molar-refractivity contribution in [3.63, 3.8) is 0 Å². The lowest BCUT2D eigenvalue weighted by Gasteiger charge is -2.06. The standard InChI is InChI=1S/C11H10N2O3/c1-16-11-8-9(12-6-2-3-7-12)4-5-10(11)13(14)15/h2-8H,1H3. The van der Waals surface area contributed by atoms with Gasteiger partial charge in [0, 0.05) is 30.2 Å². The first-order valence-corrected chi connectivity index (χ1v) is 4.68. The highest BCUT2D eigenvalue weighted by Gasteiger charge is 2.14. The lowest BCUT2D eigenvalue weighted by Crippen LogP contribution is -1.96. The van der Waals surface area contributed by atoms with Crippen LogP contribution in [0.5, 0.6) is 5.75 Å². The van der Waals surface area contributed by atoms with Crippen molar-refractivity contribution in [2.24, 2.45) is 0 Å². The second kappa shape index (κ2) is 4.06. The quantitative estimate of drug-likeness (QED) is 0.587. The molecule has 0 fully saturated rings.